The number of rotatable bonds is 12. The van der Waals surface area contributed by atoms with E-state index in [0.717, 1.165) is 18.5 Å². The number of nitrogens with one attached hydrogen (secondary N) is 2. The number of nitrogens with zero attached hydrogens (tertiary/aromatic N) is 1. The Balaban J connectivity index is 2.59. The Morgan fingerprint density at radius 1 is 1.11 bits per heavy atom. The molecule has 1 unspecified atom stereocenters. The first-order valence-electron chi connectivity index (χ1n) is 9.67. The van der Waals surface area contributed by atoms with Crippen molar-refractivity contribution < 1.29 is 23.0 Å². The normalized spacial score (nSPS) is 13.0. The lowest BCUT2D eigenvalue weighted by Gasteiger charge is -2.21. The van der Waals surface area contributed by atoms with Gasteiger partial charge in [-0.25, -0.2) is 0 Å². The standard InChI is InChI=1S/C20H33F2N3O3/c1-6-26-16(14(3)4)10-11-24-20(23-5)25-13-15-8-9-17(28-19(21)22)18(12-15)27-7-2/h8-9,12,14,16,19H,6-7,10-11,13H2,1-5H3,(H2,23,24,25). The van der Waals surface area contributed by atoms with Gasteiger partial charge in [0.15, 0.2) is 17.5 Å². The number of hydrogen-bond donors (Lipinski definition) is 2. The van der Waals surface area contributed by atoms with E-state index in [1.807, 2.05) is 6.92 Å². The third-order valence-corrected chi connectivity index (χ3v) is 4.05. The molecule has 0 aliphatic rings. The van der Waals surface area contributed by atoms with Crippen molar-refractivity contribution in [2.45, 2.75) is 53.4 Å². The molecular weight excluding hydrogens is 368 g/mol. The fraction of sp³-hybridized carbons (Fsp3) is 0.650. The van der Waals surface area contributed by atoms with Gasteiger partial charge in [0.25, 0.3) is 0 Å². The second-order valence-corrected chi connectivity index (χ2v) is 6.47. The molecule has 0 radical (unpaired) electrons. The molecule has 0 bridgehead atoms. The van der Waals surface area contributed by atoms with E-state index < -0.39 is 6.61 Å². The summed E-state index contributed by atoms with van der Waals surface area (Å²) in [5, 5.41) is 6.47. The molecule has 1 rings (SSSR count). The van der Waals surface area contributed by atoms with Crippen LogP contribution in [0.3, 0.4) is 0 Å². The summed E-state index contributed by atoms with van der Waals surface area (Å²) in [6, 6.07) is 4.88. The Hall–Kier alpha value is -2.09. The smallest absolute Gasteiger partial charge is 0.387 e. The number of hydrogen-bond acceptors (Lipinski definition) is 4. The van der Waals surface area contributed by atoms with Crippen molar-refractivity contribution in [1.29, 1.82) is 0 Å². The molecule has 1 aromatic carbocycles. The highest BCUT2D eigenvalue weighted by molar-refractivity contribution is 5.79. The first-order chi connectivity index (χ1) is 13.4. The van der Waals surface area contributed by atoms with Crippen LogP contribution < -0.4 is 20.1 Å². The largest absolute Gasteiger partial charge is 0.490 e. The van der Waals surface area contributed by atoms with Crippen LogP contribution in [0.4, 0.5) is 8.78 Å². The molecular formula is C20H33F2N3O3. The molecule has 0 saturated heterocycles. The van der Waals surface area contributed by atoms with Crippen LogP contribution >= 0.6 is 0 Å². The molecule has 6 nitrogen and oxygen atoms in total. The Morgan fingerprint density at radius 3 is 2.43 bits per heavy atom. The molecule has 28 heavy (non-hydrogen) atoms. The maximum absolute atomic E-state index is 12.5. The lowest BCUT2D eigenvalue weighted by Crippen LogP contribution is -2.38. The second kappa shape index (κ2) is 13.1. The summed E-state index contributed by atoms with van der Waals surface area (Å²) in [4.78, 5) is 4.20. The van der Waals surface area contributed by atoms with Gasteiger partial charge >= 0.3 is 6.61 Å². The average Bonchev–Trinajstić information content (AvgIpc) is 2.65. The Bertz CT molecular complexity index is 598. The van der Waals surface area contributed by atoms with E-state index in [0.29, 0.717) is 37.4 Å². The topological polar surface area (TPSA) is 64.1 Å². The van der Waals surface area contributed by atoms with Crippen molar-refractivity contribution in [2.75, 3.05) is 26.8 Å². The molecule has 160 valence electrons. The van der Waals surface area contributed by atoms with Crippen molar-refractivity contribution in [2.24, 2.45) is 10.9 Å². The molecule has 2 N–H and O–H groups in total. The molecule has 0 saturated carbocycles. The van der Waals surface area contributed by atoms with Crippen molar-refractivity contribution in [1.82, 2.24) is 10.6 Å². The molecule has 0 spiro atoms. The van der Waals surface area contributed by atoms with Crippen molar-refractivity contribution in [3.8, 4) is 11.5 Å². The van der Waals surface area contributed by atoms with Gasteiger partial charge in [0.1, 0.15) is 0 Å². The maximum atomic E-state index is 12.5. The van der Waals surface area contributed by atoms with Crippen LogP contribution in [0.5, 0.6) is 11.5 Å². The van der Waals surface area contributed by atoms with Crippen LogP contribution in [0.25, 0.3) is 0 Å². The molecule has 8 heteroatoms. The fourth-order valence-electron chi connectivity index (χ4n) is 2.69. The number of ether oxygens (including phenoxy) is 3. The number of benzene rings is 1. The first kappa shape index (κ1) is 23.9. The zero-order chi connectivity index (χ0) is 20.9. The van der Waals surface area contributed by atoms with E-state index >= 15 is 0 Å². The van der Waals surface area contributed by atoms with Crippen LogP contribution in [0, 0.1) is 5.92 Å². The summed E-state index contributed by atoms with van der Waals surface area (Å²) < 4.78 is 40.6. The zero-order valence-electron chi connectivity index (χ0n) is 17.4. The van der Waals surface area contributed by atoms with E-state index in [2.05, 4.69) is 34.2 Å². The minimum absolute atomic E-state index is 0.0266. The Kier molecular flexibility index (Phi) is 11.2. The fourth-order valence-corrected chi connectivity index (χ4v) is 2.69. The van der Waals surface area contributed by atoms with E-state index in [4.69, 9.17) is 9.47 Å². The van der Waals surface area contributed by atoms with Gasteiger partial charge in [-0.1, -0.05) is 19.9 Å². The minimum atomic E-state index is -2.89. The van der Waals surface area contributed by atoms with Gasteiger partial charge < -0.3 is 24.8 Å². The molecule has 0 aliphatic heterocycles. The summed E-state index contributed by atoms with van der Waals surface area (Å²) in [5.74, 6) is 1.42. The van der Waals surface area contributed by atoms with Crippen LogP contribution in [0.2, 0.25) is 0 Å². The number of aliphatic imine (C=N–C) groups is 1. The highest BCUT2D eigenvalue weighted by Gasteiger charge is 2.14. The van der Waals surface area contributed by atoms with Gasteiger partial charge in [0.2, 0.25) is 0 Å². The summed E-state index contributed by atoms with van der Waals surface area (Å²) in [5.41, 5.74) is 0.863. The van der Waals surface area contributed by atoms with E-state index in [-0.39, 0.29) is 11.9 Å². The predicted octanol–water partition coefficient (Wildman–Crippen LogP) is 3.80. The Labute approximate surface area is 166 Å². The van der Waals surface area contributed by atoms with E-state index in [1.54, 1.807) is 26.1 Å². The van der Waals surface area contributed by atoms with Crippen LogP contribution in [-0.2, 0) is 11.3 Å². The molecule has 0 amide bonds. The van der Waals surface area contributed by atoms with Crippen molar-refractivity contribution in [3.05, 3.63) is 23.8 Å². The zero-order valence-corrected chi connectivity index (χ0v) is 17.4. The lowest BCUT2D eigenvalue weighted by molar-refractivity contribution is -0.0514. The molecule has 1 atom stereocenters. The molecule has 0 aromatic heterocycles. The maximum Gasteiger partial charge on any atom is 0.387 e. The van der Waals surface area contributed by atoms with Crippen LogP contribution in [0.1, 0.15) is 39.7 Å². The average molecular weight is 401 g/mol. The third-order valence-electron chi connectivity index (χ3n) is 4.05. The summed E-state index contributed by atoms with van der Waals surface area (Å²) in [6.07, 6.45) is 1.08. The summed E-state index contributed by atoms with van der Waals surface area (Å²) in [7, 11) is 1.70. The monoisotopic (exact) mass is 401 g/mol. The molecule has 0 fully saturated rings. The number of guanidine groups is 1. The van der Waals surface area contributed by atoms with Crippen LogP contribution in [-0.4, -0.2) is 45.5 Å². The van der Waals surface area contributed by atoms with Crippen molar-refractivity contribution in [3.63, 3.8) is 0 Å². The van der Waals surface area contributed by atoms with Gasteiger partial charge in [-0.15, -0.1) is 0 Å². The van der Waals surface area contributed by atoms with Gasteiger partial charge in [0, 0.05) is 26.7 Å². The lowest BCUT2D eigenvalue weighted by atomic mass is 10.0. The van der Waals surface area contributed by atoms with E-state index in [1.165, 1.54) is 6.07 Å². The van der Waals surface area contributed by atoms with Gasteiger partial charge in [-0.3, -0.25) is 4.99 Å². The third kappa shape index (κ3) is 8.73. The Morgan fingerprint density at radius 2 is 1.86 bits per heavy atom. The SMILES string of the molecule is CCOc1cc(CNC(=NC)NCCC(OCC)C(C)C)ccc1OC(F)F. The predicted molar refractivity (Wildman–Crippen MR) is 107 cm³/mol. The highest BCUT2D eigenvalue weighted by Crippen LogP contribution is 2.29. The first-order valence-corrected chi connectivity index (χ1v) is 9.67. The molecule has 0 heterocycles. The molecule has 1 aromatic rings. The number of halogens is 2. The quantitative estimate of drug-likeness (QED) is 0.412. The van der Waals surface area contributed by atoms with Gasteiger partial charge in [0.05, 0.1) is 12.7 Å². The highest BCUT2D eigenvalue weighted by atomic mass is 19.3. The summed E-state index contributed by atoms with van der Waals surface area (Å²) in [6.45, 7) is 7.43. The molecule has 0 aliphatic carbocycles. The van der Waals surface area contributed by atoms with E-state index in [9.17, 15) is 8.78 Å². The number of alkyl halides is 2. The minimum Gasteiger partial charge on any atom is -0.490 e. The second-order valence-electron chi connectivity index (χ2n) is 6.47. The van der Waals surface area contributed by atoms with Crippen molar-refractivity contribution >= 4 is 5.96 Å². The van der Waals surface area contributed by atoms with Crippen LogP contribution in [0.15, 0.2) is 23.2 Å². The summed E-state index contributed by atoms with van der Waals surface area (Å²) >= 11 is 0. The van der Waals surface area contributed by atoms with Gasteiger partial charge in [-0.05, 0) is 43.9 Å². The van der Waals surface area contributed by atoms with Gasteiger partial charge in [-0.2, -0.15) is 8.78 Å².